The van der Waals surface area contributed by atoms with Crippen molar-refractivity contribution < 1.29 is 14.2 Å². The van der Waals surface area contributed by atoms with Crippen molar-refractivity contribution in [1.82, 2.24) is 10.6 Å². The zero-order valence-corrected chi connectivity index (χ0v) is 18.7. The largest absolute Gasteiger partial charge is 0.492 e. The summed E-state index contributed by atoms with van der Waals surface area (Å²) in [5.74, 6) is 1.68. The van der Waals surface area contributed by atoms with Gasteiger partial charge in [0.05, 0.1) is 25.8 Å². The number of nitrogens with zero attached hydrogens (tertiary/aromatic N) is 1. The molecule has 1 aliphatic heterocycles. The first-order valence-electron chi connectivity index (χ1n) is 11.2. The second-order valence-corrected chi connectivity index (χ2v) is 7.72. The Bertz CT molecular complexity index is 785. The molecule has 0 saturated carbocycles. The Morgan fingerprint density at radius 1 is 1.00 bits per heavy atom. The van der Waals surface area contributed by atoms with E-state index < -0.39 is 0 Å². The average Bonchev–Trinajstić information content (AvgIpc) is 2.81. The molecule has 1 fully saturated rings. The summed E-state index contributed by atoms with van der Waals surface area (Å²) >= 11 is 0. The van der Waals surface area contributed by atoms with Crippen molar-refractivity contribution in [2.75, 3.05) is 32.9 Å². The Kier molecular flexibility index (Phi) is 9.67. The topological polar surface area (TPSA) is 64.1 Å². The third-order valence-electron chi connectivity index (χ3n) is 5.13. The van der Waals surface area contributed by atoms with Gasteiger partial charge in [0.25, 0.3) is 0 Å². The Labute approximate surface area is 186 Å². The highest BCUT2D eigenvalue weighted by molar-refractivity contribution is 5.79. The van der Waals surface area contributed by atoms with Gasteiger partial charge in [-0.2, -0.15) is 0 Å². The highest BCUT2D eigenvalue weighted by Gasteiger charge is 2.13. The van der Waals surface area contributed by atoms with Gasteiger partial charge in [-0.15, -0.1) is 0 Å². The molecule has 2 N–H and O–H groups in total. The van der Waals surface area contributed by atoms with Crippen LogP contribution < -0.4 is 15.4 Å². The van der Waals surface area contributed by atoms with Gasteiger partial charge >= 0.3 is 0 Å². The van der Waals surface area contributed by atoms with Crippen LogP contribution in [0.2, 0.25) is 0 Å². The van der Waals surface area contributed by atoms with Gasteiger partial charge in [0, 0.05) is 19.8 Å². The van der Waals surface area contributed by atoms with E-state index >= 15 is 0 Å². The molecule has 168 valence electrons. The van der Waals surface area contributed by atoms with Crippen molar-refractivity contribution in [3.8, 4) is 5.75 Å². The minimum Gasteiger partial charge on any atom is -0.492 e. The predicted molar refractivity (Wildman–Crippen MR) is 125 cm³/mol. The Morgan fingerprint density at radius 2 is 1.71 bits per heavy atom. The van der Waals surface area contributed by atoms with Crippen LogP contribution in [0.3, 0.4) is 0 Å². The number of benzene rings is 2. The fourth-order valence-corrected chi connectivity index (χ4v) is 3.28. The number of ether oxygens (including phenoxy) is 3. The summed E-state index contributed by atoms with van der Waals surface area (Å²) in [5, 5.41) is 6.60. The molecule has 0 bridgehead atoms. The van der Waals surface area contributed by atoms with E-state index in [1.165, 1.54) is 16.7 Å². The van der Waals surface area contributed by atoms with E-state index in [-0.39, 0.29) is 0 Å². The van der Waals surface area contributed by atoms with Gasteiger partial charge in [0.1, 0.15) is 12.4 Å². The molecule has 6 heteroatoms. The summed E-state index contributed by atoms with van der Waals surface area (Å²) in [5.41, 5.74) is 3.59. The number of hydrogen-bond donors (Lipinski definition) is 2. The molecular formula is C25H35N3O3. The SMILES string of the molecule is CCNC(=NCc1ccc(COC2CCOCC2)cc1)NCCOc1ccc(C)cc1. The number of guanidine groups is 1. The zero-order valence-electron chi connectivity index (χ0n) is 18.7. The second-order valence-electron chi connectivity index (χ2n) is 7.72. The molecule has 2 aromatic carbocycles. The van der Waals surface area contributed by atoms with Gasteiger partial charge in [-0.3, -0.25) is 0 Å². The van der Waals surface area contributed by atoms with E-state index in [2.05, 4.69) is 65.9 Å². The van der Waals surface area contributed by atoms with Crippen LogP contribution in [-0.4, -0.2) is 45.0 Å². The van der Waals surface area contributed by atoms with Gasteiger partial charge < -0.3 is 24.8 Å². The molecule has 0 radical (unpaired) electrons. The van der Waals surface area contributed by atoms with E-state index in [9.17, 15) is 0 Å². The van der Waals surface area contributed by atoms with Crippen molar-refractivity contribution in [1.29, 1.82) is 0 Å². The van der Waals surface area contributed by atoms with E-state index in [0.29, 0.717) is 32.4 Å². The van der Waals surface area contributed by atoms with Crippen LogP contribution in [0.25, 0.3) is 0 Å². The summed E-state index contributed by atoms with van der Waals surface area (Å²) < 4.78 is 17.1. The number of hydrogen-bond acceptors (Lipinski definition) is 4. The van der Waals surface area contributed by atoms with Gasteiger partial charge in [0.15, 0.2) is 5.96 Å². The van der Waals surface area contributed by atoms with Crippen molar-refractivity contribution in [2.24, 2.45) is 4.99 Å². The monoisotopic (exact) mass is 425 g/mol. The quantitative estimate of drug-likeness (QED) is 0.344. The molecular weight excluding hydrogens is 390 g/mol. The molecule has 0 spiro atoms. The van der Waals surface area contributed by atoms with Crippen molar-refractivity contribution >= 4 is 5.96 Å². The molecule has 2 aromatic rings. The Morgan fingerprint density at radius 3 is 2.42 bits per heavy atom. The highest BCUT2D eigenvalue weighted by Crippen LogP contribution is 2.14. The summed E-state index contributed by atoms with van der Waals surface area (Å²) in [4.78, 5) is 4.68. The normalized spacial score (nSPS) is 15.0. The van der Waals surface area contributed by atoms with E-state index in [1.807, 2.05) is 12.1 Å². The molecule has 0 atom stereocenters. The predicted octanol–water partition coefficient (Wildman–Crippen LogP) is 3.82. The van der Waals surface area contributed by atoms with Crippen LogP contribution in [0.1, 0.15) is 36.5 Å². The highest BCUT2D eigenvalue weighted by atomic mass is 16.5. The Balaban J connectivity index is 1.40. The molecule has 0 aromatic heterocycles. The van der Waals surface area contributed by atoms with Crippen LogP contribution >= 0.6 is 0 Å². The average molecular weight is 426 g/mol. The number of nitrogens with one attached hydrogen (secondary N) is 2. The van der Waals surface area contributed by atoms with E-state index in [0.717, 1.165) is 44.3 Å². The van der Waals surface area contributed by atoms with Crippen LogP contribution in [0.5, 0.6) is 5.75 Å². The smallest absolute Gasteiger partial charge is 0.191 e. The lowest BCUT2D eigenvalue weighted by molar-refractivity contribution is -0.0390. The van der Waals surface area contributed by atoms with Gasteiger partial charge in [-0.25, -0.2) is 4.99 Å². The molecule has 6 nitrogen and oxygen atoms in total. The molecule has 0 aliphatic carbocycles. The minimum absolute atomic E-state index is 0.321. The maximum atomic E-state index is 5.99. The lowest BCUT2D eigenvalue weighted by atomic mass is 10.1. The zero-order chi connectivity index (χ0) is 21.7. The fraction of sp³-hybridized carbons (Fsp3) is 0.480. The van der Waals surface area contributed by atoms with Crippen LogP contribution in [0, 0.1) is 6.92 Å². The molecule has 0 amide bonds. The van der Waals surface area contributed by atoms with E-state index in [1.54, 1.807) is 0 Å². The van der Waals surface area contributed by atoms with E-state index in [4.69, 9.17) is 14.2 Å². The summed E-state index contributed by atoms with van der Waals surface area (Å²) in [6.45, 7) is 9.09. The minimum atomic E-state index is 0.321. The van der Waals surface area contributed by atoms with Crippen molar-refractivity contribution in [2.45, 2.75) is 45.9 Å². The maximum Gasteiger partial charge on any atom is 0.191 e. The lowest BCUT2D eigenvalue weighted by Crippen LogP contribution is -2.39. The molecule has 1 heterocycles. The van der Waals surface area contributed by atoms with Crippen molar-refractivity contribution in [3.05, 3.63) is 65.2 Å². The third-order valence-corrected chi connectivity index (χ3v) is 5.13. The summed E-state index contributed by atoms with van der Waals surface area (Å²) in [6, 6.07) is 16.6. The van der Waals surface area contributed by atoms with Gasteiger partial charge in [-0.05, 0) is 49.9 Å². The van der Waals surface area contributed by atoms with Gasteiger partial charge in [-0.1, -0.05) is 42.0 Å². The first-order chi connectivity index (χ1) is 15.2. The van der Waals surface area contributed by atoms with Crippen LogP contribution in [0.15, 0.2) is 53.5 Å². The number of aryl methyl sites for hydroxylation is 1. The Hall–Kier alpha value is -2.57. The fourth-order valence-electron chi connectivity index (χ4n) is 3.28. The molecule has 1 saturated heterocycles. The first kappa shape index (κ1) is 23.1. The maximum absolute atomic E-state index is 5.99. The lowest BCUT2D eigenvalue weighted by Gasteiger charge is -2.22. The van der Waals surface area contributed by atoms with Gasteiger partial charge in [0.2, 0.25) is 0 Å². The second kappa shape index (κ2) is 13.0. The van der Waals surface area contributed by atoms with Crippen LogP contribution in [-0.2, 0) is 22.6 Å². The molecule has 3 rings (SSSR count). The number of aliphatic imine (C=N–C) groups is 1. The summed E-state index contributed by atoms with van der Waals surface area (Å²) in [7, 11) is 0. The first-order valence-corrected chi connectivity index (χ1v) is 11.2. The molecule has 31 heavy (non-hydrogen) atoms. The third kappa shape index (κ3) is 8.59. The van der Waals surface area contributed by atoms with Crippen molar-refractivity contribution in [3.63, 3.8) is 0 Å². The molecule has 0 unspecified atom stereocenters. The summed E-state index contributed by atoms with van der Waals surface area (Å²) in [6.07, 6.45) is 2.30. The number of rotatable bonds is 10. The standard InChI is InChI=1S/C25H35N3O3/c1-3-26-25(27-14-17-30-23-10-4-20(2)5-11-23)28-18-21-6-8-22(9-7-21)19-31-24-12-15-29-16-13-24/h4-11,24H,3,12-19H2,1-2H3,(H2,26,27,28). The van der Waals surface area contributed by atoms with Crippen LogP contribution in [0.4, 0.5) is 0 Å². The molecule has 1 aliphatic rings.